The van der Waals surface area contributed by atoms with E-state index in [2.05, 4.69) is 10.0 Å². The molecule has 0 spiro atoms. The lowest BCUT2D eigenvalue weighted by Crippen LogP contribution is -2.31. The molecule has 1 aromatic heterocycles. The lowest BCUT2D eigenvalue weighted by atomic mass is 10.4. The minimum absolute atomic E-state index is 0.0264. The molecule has 1 amide bonds. The number of carbonyl (C=O) groups is 2. The van der Waals surface area contributed by atoms with Gasteiger partial charge in [0.2, 0.25) is 10.0 Å². The van der Waals surface area contributed by atoms with E-state index in [1.54, 1.807) is 0 Å². The Morgan fingerprint density at radius 1 is 1.36 bits per heavy atom. The zero-order valence-corrected chi connectivity index (χ0v) is 13.4. The molecule has 10 heteroatoms. The molecule has 0 saturated heterocycles. The first-order chi connectivity index (χ1) is 10.3. The van der Waals surface area contributed by atoms with Gasteiger partial charge in [-0.05, 0) is 13.1 Å². The maximum Gasteiger partial charge on any atom is 0.355 e. The molecular weight excluding hydrogens is 314 g/mol. The van der Waals surface area contributed by atoms with Crippen LogP contribution in [0.4, 0.5) is 0 Å². The van der Waals surface area contributed by atoms with Crippen LogP contribution in [0.5, 0.6) is 0 Å². The van der Waals surface area contributed by atoms with Crippen molar-refractivity contribution in [1.29, 1.82) is 0 Å². The Morgan fingerprint density at radius 2 is 2.05 bits per heavy atom. The fraction of sp³-hybridized carbons (Fsp3) is 0.500. The summed E-state index contributed by atoms with van der Waals surface area (Å²) in [7, 11) is 0.619. The normalized spacial score (nSPS) is 11.2. The number of aromatic nitrogens is 1. The van der Waals surface area contributed by atoms with Gasteiger partial charge in [0.25, 0.3) is 5.91 Å². The van der Waals surface area contributed by atoms with Gasteiger partial charge in [0.05, 0.1) is 6.61 Å². The third-order valence-corrected chi connectivity index (χ3v) is 4.11. The lowest BCUT2D eigenvalue weighted by molar-refractivity contribution is -0.124. The van der Waals surface area contributed by atoms with E-state index in [9.17, 15) is 18.0 Å². The van der Waals surface area contributed by atoms with Gasteiger partial charge in [-0.15, -0.1) is 0 Å². The summed E-state index contributed by atoms with van der Waals surface area (Å²) in [5, 5.41) is 2.49. The Morgan fingerprint density at radius 3 is 2.64 bits per heavy atom. The van der Waals surface area contributed by atoms with E-state index in [-0.39, 0.29) is 10.6 Å². The third-order valence-electron chi connectivity index (χ3n) is 2.73. The first-order valence-corrected chi connectivity index (χ1v) is 7.82. The Kier molecular flexibility index (Phi) is 6.53. The molecule has 0 aliphatic heterocycles. The van der Waals surface area contributed by atoms with E-state index in [1.165, 1.54) is 38.0 Å². The topological polar surface area (TPSA) is 116 Å². The van der Waals surface area contributed by atoms with Gasteiger partial charge >= 0.3 is 5.97 Å². The number of nitrogens with zero attached hydrogens (tertiary/aromatic N) is 1. The van der Waals surface area contributed by atoms with Gasteiger partial charge < -0.3 is 19.4 Å². The lowest BCUT2D eigenvalue weighted by Gasteiger charge is -2.06. The molecule has 0 aliphatic carbocycles. The van der Waals surface area contributed by atoms with Crippen molar-refractivity contribution >= 4 is 21.9 Å². The van der Waals surface area contributed by atoms with Crippen molar-refractivity contribution in [2.75, 3.05) is 33.9 Å². The minimum Gasteiger partial charge on any atom is -0.451 e. The molecule has 1 rings (SSSR count). The van der Waals surface area contributed by atoms with Gasteiger partial charge in [-0.25, -0.2) is 17.9 Å². The maximum atomic E-state index is 11.9. The smallest absolute Gasteiger partial charge is 0.355 e. The van der Waals surface area contributed by atoms with Gasteiger partial charge in [0.1, 0.15) is 10.6 Å². The number of rotatable bonds is 8. The van der Waals surface area contributed by atoms with Crippen LogP contribution in [0.25, 0.3) is 0 Å². The monoisotopic (exact) mass is 333 g/mol. The molecule has 0 atom stereocenters. The van der Waals surface area contributed by atoms with Crippen LogP contribution >= 0.6 is 0 Å². The zero-order chi connectivity index (χ0) is 16.8. The summed E-state index contributed by atoms with van der Waals surface area (Å²) < 4.78 is 36.4. The summed E-state index contributed by atoms with van der Waals surface area (Å²) >= 11 is 0. The highest BCUT2D eigenvalue weighted by molar-refractivity contribution is 7.89. The number of esters is 1. The van der Waals surface area contributed by atoms with Gasteiger partial charge in [-0.1, -0.05) is 0 Å². The number of nitrogens with one attached hydrogen (secondary N) is 2. The SMILES string of the molecule is CNS(=O)(=O)c1cc(C(=O)OCC(=O)NCCOC)n(C)c1. The van der Waals surface area contributed by atoms with E-state index in [0.29, 0.717) is 13.2 Å². The highest BCUT2D eigenvalue weighted by Gasteiger charge is 2.20. The number of hydrogen-bond donors (Lipinski definition) is 2. The maximum absolute atomic E-state index is 11.9. The summed E-state index contributed by atoms with van der Waals surface area (Å²) in [6.07, 6.45) is 1.28. The van der Waals surface area contributed by atoms with E-state index in [0.717, 1.165) is 0 Å². The van der Waals surface area contributed by atoms with Crippen molar-refractivity contribution in [2.24, 2.45) is 7.05 Å². The zero-order valence-electron chi connectivity index (χ0n) is 12.6. The molecule has 0 fully saturated rings. The van der Waals surface area contributed by atoms with Crippen molar-refractivity contribution in [2.45, 2.75) is 4.90 Å². The summed E-state index contributed by atoms with van der Waals surface area (Å²) in [5.74, 6) is -1.26. The molecule has 22 heavy (non-hydrogen) atoms. The second-order valence-corrected chi connectivity index (χ2v) is 6.18. The summed E-state index contributed by atoms with van der Waals surface area (Å²) in [6, 6.07) is 1.18. The predicted molar refractivity (Wildman–Crippen MR) is 76.8 cm³/mol. The Hall–Kier alpha value is -1.91. The molecule has 1 heterocycles. The fourth-order valence-corrected chi connectivity index (χ4v) is 2.35. The second-order valence-electron chi connectivity index (χ2n) is 4.30. The van der Waals surface area contributed by atoms with Gasteiger partial charge in [-0.3, -0.25) is 4.79 Å². The molecule has 0 bridgehead atoms. The quantitative estimate of drug-likeness (QED) is 0.458. The van der Waals surface area contributed by atoms with Gasteiger partial charge in [0, 0.05) is 26.9 Å². The largest absolute Gasteiger partial charge is 0.451 e. The molecule has 2 N–H and O–H groups in total. The highest BCUT2D eigenvalue weighted by atomic mass is 32.2. The van der Waals surface area contributed by atoms with Crippen LogP contribution < -0.4 is 10.0 Å². The molecular formula is C12H19N3O6S. The highest BCUT2D eigenvalue weighted by Crippen LogP contribution is 2.13. The minimum atomic E-state index is -3.65. The van der Waals surface area contributed by atoms with E-state index in [4.69, 9.17) is 9.47 Å². The number of amides is 1. The number of aryl methyl sites for hydroxylation is 1. The van der Waals surface area contributed by atoms with Crippen LogP contribution in [0, 0.1) is 0 Å². The fourth-order valence-electron chi connectivity index (χ4n) is 1.55. The van der Waals surface area contributed by atoms with Crippen molar-refractivity contribution in [3.63, 3.8) is 0 Å². The predicted octanol–water partition coefficient (Wildman–Crippen LogP) is -1.15. The summed E-state index contributed by atoms with van der Waals surface area (Å²) in [5.41, 5.74) is 0.0264. The van der Waals surface area contributed by atoms with Crippen LogP contribution in [0.15, 0.2) is 17.2 Å². The Balaban J connectivity index is 2.65. The molecule has 0 saturated carbocycles. The molecule has 0 aromatic carbocycles. The van der Waals surface area contributed by atoms with Crippen LogP contribution in [-0.4, -0.2) is 58.8 Å². The number of hydrogen-bond acceptors (Lipinski definition) is 6. The van der Waals surface area contributed by atoms with Crippen molar-refractivity contribution in [3.8, 4) is 0 Å². The van der Waals surface area contributed by atoms with Crippen LogP contribution in [0.2, 0.25) is 0 Å². The third kappa shape index (κ3) is 4.83. The first kappa shape index (κ1) is 18.1. The standard InChI is InChI=1S/C12H19N3O6S/c1-13-22(18,19)9-6-10(15(2)7-9)12(17)21-8-11(16)14-4-5-20-3/h6-7,13H,4-5,8H2,1-3H3,(H,14,16). The average molecular weight is 333 g/mol. The number of ether oxygens (including phenoxy) is 2. The second kappa shape index (κ2) is 7.92. The molecule has 9 nitrogen and oxygen atoms in total. The number of methoxy groups -OCH3 is 1. The van der Waals surface area contributed by atoms with Crippen molar-refractivity contribution in [1.82, 2.24) is 14.6 Å². The van der Waals surface area contributed by atoms with E-state index < -0.39 is 28.5 Å². The Labute approximate surface area is 128 Å². The molecule has 0 unspecified atom stereocenters. The van der Waals surface area contributed by atoms with Crippen LogP contribution in [-0.2, 0) is 31.3 Å². The molecule has 1 aromatic rings. The van der Waals surface area contributed by atoms with Crippen LogP contribution in [0.1, 0.15) is 10.5 Å². The first-order valence-electron chi connectivity index (χ1n) is 6.34. The van der Waals surface area contributed by atoms with E-state index in [1.807, 2.05) is 0 Å². The Bertz CT molecular complexity index is 637. The number of carbonyl (C=O) groups excluding carboxylic acids is 2. The molecule has 124 valence electrons. The molecule has 0 radical (unpaired) electrons. The van der Waals surface area contributed by atoms with Crippen molar-refractivity contribution < 1.29 is 27.5 Å². The van der Waals surface area contributed by atoms with Gasteiger partial charge in [-0.2, -0.15) is 0 Å². The van der Waals surface area contributed by atoms with Crippen molar-refractivity contribution in [3.05, 3.63) is 18.0 Å². The van der Waals surface area contributed by atoms with E-state index >= 15 is 0 Å². The summed E-state index contributed by atoms with van der Waals surface area (Å²) in [4.78, 5) is 23.2. The summed E-state index contributed by atoms with van der Waals surface area (Å²) in [6.45, 7) is 0.201. The average Bonchev–Trinajstić information content (AvgIpc) is 2.88. The van der Waals surface area contributed by atoms with Crippen LogP contribution in [0.3, 0.4) is 0 Å². The number of sulfonamides is 1. The molecule has 0 aliphatic rings. The van der Waals surface area contributed by atoms with Gasteiger partial charge in [0.15, 0.2) is 6.61 Å².